The zero-order valence-electron chi connectivity index (χ0n) is 10.8. The molecule has 4 nitrogen and oxygen atoms in total. The maximum absolute atomic E-state index is 10.4. The molecule has 0 aromatic heterocycles. The first-order chi connectivity index (χ1) is 8.68. The lowest BCUT2D eigenvalue weighted by Gasteiger charge is -2.13. The van der Waals surface area contributed by atoms with Crippen LogP contribution in [0.1, 0.15) is 12.0 Å². The van der Waals surface area contributed by atoms with Crippen LogP contribution < -0.4 is 0 Å². The van der Waals surface area contributed by atoms with Crippen LogP contribution in [-0.4, -0.2) is 49.3 Å². The summed E-state index contributed by atoms with van der Waals surface area (Å²) in [6.07, 6.45) is 1.78. The van der Waals surface area contributed by atoms with E-state index in [-0.39, 0.29) is 6.54 Å². The van der Waals surface area contributed by atoms with Gasteiger partial charge in [-0.2, -0.15) is 0 Å². The zero-order chi connectivity index (χ0) is 13.2. The Kier molecular flexibility index (Phi) is 7.06. The third-order valence-corrected chi connectivity index (χ3v) is 2.61. The minimum Gasteiger partial charge on any atom is -0.480 e. The highest BCUT2D eigenvalue weighted by molar-refractivity contribution is 5.68. The van der Waals surface area contributed by atoms with Gasteiger partial charge in [0.15, 0.2) is 0 Å². The number of nitrogens with zero attached hydrogens (tertiary/aromatic N) is 1. The molecule has 18 heavy (non-hydrogen) atoms. The molecule has 0 aliphatic carbocycles. The number of benzene rings is 1. The van der Waals surface area contributed by atoms with Crippen molar-refractivity contribution in [1.29, 1.82) is 0 Å². The van der Waals surface area contributed by atoms with E-state index in [1.54, 1.807) is 11.9 Å². The SMILES string of the molecule is CN(CCCOCCc1ccccc1)CC(=O)O. The van der Waals surface area contributed by atoms with Gasteiger partial charge in [-0.1, -0.05) is 30.3 Å². The lowest BCUT2D eigenvalue weighted by Crippen LogP contribution is -2.27. The van der Waals surface area contributed by atoms with E-state index in [1.807, 2.05) is 18.2 Å². The van der Waals surface area contributed by atoms with Crippen LogP contribution >= 0.6 is 0 Å². The Balaban J connectivity index is 1.97. The van der Waals surface area contributed by atoms with Crippen LogP contribution in [0.25, 0.3) is 0 Å². The highest BCUT2D eigenvalue weighted by atomic mass is 16.5. The molecule has 0 atom stereocenters. The van der Waals surface area contributed by atoms with Crippen molar-refractivity contribution in [2.24, 2.45) is 0 Å². The van der Waals surface area contributed by atoms with Gasteiger partial charge < -0.3 is 9.84 Å². The molecule has 0 unspecified atom stereocenters. The molecule has 0 radical (unpaired) electrons. The minimum absolute atomic E-state index is 0.0873. The number of ether oxygens (including phenoxy) is 1. The predicted octanol–water partition coefficient (Wildman–Crippen LogP) is 1.65. The van der Waals surface area contributed by atoms with Gasteiger partial charge in [0.2, 0.25) is 0 Å². The van der Waals surface area contributed by atoms with Gasteiger partial charge in [0.1, 0.15) is 0 Å². The van der Waals surface area contributed by atoms with Crippen LogP contribution in [0.15, 0.2) is 30.3 Å². The highest BCUT2D eigenvalue weighted by Crippen LogP contribution is 1.99. The Hall–Kier alpha value is -1.39. The van der Waals surface area contributed by atoms with Crippen LogP contribution in [0.3, 0.4) is 0 Å². The summed E-state index contributed by atoms with van der Waals surface area (Å²) in [5.41, 5.74) is 1.28. The number of carboxylic acids is 1. The van der Waals surface area contributed by atoms with Crippen molar-refractivity contribution in [2.75, 3.05) is 33.4 Å². The molecule has 0 heterocycles. The number of rotatable bonds is 9. The zero-order valence-corrected chi connectivity index (χ0v) is 10.8. The van der Waals surface area contributed by atoms with Crippen molar-refractivity contribution in [2.45, 2.75) is 12.8 Å². The average Bonchev–Trinajstić information content (AvgIpc) is 2.34. The summed E-state index contributed by atoms with van der Waals surface area (Å²) in [6, 6.07) is 10.2. The second-order valence-electron chi connectivity index (χ2n) is 4.33. The standard InChI is InChI=1S/C14H21NO3/c1-15(12-14(16)17)9-5-10-18-11-8-13-6-3-2-4-7-13/h2-4,6-7H,5,8-12H2,1H3,(H,16,17). The lowest BCUT2D eigenvalue weighted by atomic mass is 10.2. The Morgan fingerprint density at radius 1 is 1.28 bits per heavy atom. The molecule has 0 saturated carbocycles. The molecule has 1 rings (SSSR count). The molecule has 100 valence electrons. The fraction of sp³-hybridized carbons (Fsp3) is 0.500. The molecule has 1 aromatic carbocycles. The van der Waals surface area contributed by atoms with Crippen LogP contribution in [-0.2, 0) is 16.0 Å². The molecular weight excluding hydrogens is 230 g/mol. The molecule has 0 saturated heterocycles. The van der Waals surface area contributed by atoms with Gasteiger partial charge in [0.05, 0.1) is 13.2 Å². The van der Waals surface area contributed by atoms with Gasteiger partial charge in [-0.3, -0.25) is 9.69 Å². The number of hydrogen-bond acceptors (Lipinski definition) is 3. The molecular formula is C14H21NO3. The van der Waals surface area contributed by atoms with E-state index in [2.05, 4.69) is 12.1 Å². The van der Waals surface area contributed by atoms with Crippen molar-refractivity contribution < 1.29 is 14.6 Å². The van der Waals surface area contributed by atoms with Crippen molar-refractivity contribution >= 4 is 5.97 Å². The molecule has 0 fully saturated rings. The van der Waals surface area contributed by atoms with E-state index in [1.165, 1.54) is 5.56 Å². The summed E-state index contributed by atoms with van der Waals surface area (Å²) in [5.74, 6) is -0.789. The first-order valence-electron chi connectivity index (χ1n) is 6.20. The molecule has 1 N–H and O–H groups in total. The maximum atomic E-state index is 10.4. The van der Waals surface area contributed by atoms with Crippen molar-refractivity contribution in [1.82, 2.24) is 4.90 Å². The smallest absolute Gasteiger partial charge is 0.317 e. The van der Waals surface area contributed by atoms with Gasteiger partial charge in [0, 0.05) is 13.2 Å². The first-order valence-corrected chi connectivity index (χ1v) is 6.20. The monoisotopic (exact) mass is 251 g/mol. The normalized spacial score (nSPS) is 10.8. The van der Waals surface area contributed by atoms with E-state index in [4.69, 9.17) is 9.84 Å². The number of carbonyl (C=O) groups is 1. The van der Waals surface area contributed by atoms with E-state index >= 15 is 0 Å². The second kappa shape index (κ2) is 8.66. The number of likely N-dealkylation sites (N-methyl/N-ethyl adjacent to an activating group) is 1. The molecule has 0 amide bonds. The second-order valence-corrected chi connectivity index (χ2v) is 4.33. The van der Waals surface area contributed by atoms with Crippen LogP contribution in [0.2, 0.25) is 0 Å². The third kappa shape index (κ3) is 7.04. The van der Waals surface area contributed by atoms with Gasteiger partial charge in [-0.05, 0) is 25.5 Å². The van der Waals surface area contributed by atoms with Crippen molar-refractivity contribution in [3.05, 3.63) is 35.9 Å². The van der Waals surface area contributed by atoms with Crippen LogP contribution in [0, 0.1) is 0 Å². The fourth-order valence-electron chi connectivity index (χ4n) is 1.68. The summed E-state index contributed by atoms with van der Waals surface area (Å²) in [7, 11) is 1.80. The van der Waals surface area contributed by atoms with Gasteiger partial charge in [-0.25, -0.2) is 0 Å². The van der Waals surface area contributed by atoms with Gasteiger partial charge in [0.25, 0.3) is 0 Å². The summed E-state index contributed by atoms with van der Waals surface area (Å²) >= 11 is 0. The number of hydrogen-bond donors (Lipinski definition) is 1. The molecule has 0 bridgehead atoms. The Morgan fingerprint density at radius 2 is 2.00 bits per heavy atom. The quantitative estimate of drug-likeness (QED) is 0.678. The van der Waals surface area contributed by atoms with Gasteiger partial charge >= 0.3 is 5.97 Å². The molecule has 1 aromatic rings. The lowest BCUT2D eigenvalue weighted by molar-refractivity contribution is -0.138. The largest absolute Gasteiger partial charge is 0.480 e. The van der Waals surface area contributed by atoms with Gasteiger partial charge in [-0.15, -0.1) is 0 Å². The first kappa shape index (κ1) is 14.7. The molecule has 0 aliphatic rings. The van der Waals surface area contributed by atoms with Crippen molar-refractivity contribution in [3.8, 4) is 0 Å². The maximum Gasteiger partial charge on any atom is 0.317 e. The summed E-state index contributed by atoms with van der Waals surface area (Å²) in [6.45, 7) is 2.23. The number of aliphatic carboxylic acids is 1. The minimum atomic E-state index is -0.789. The fourth-order valence-corrected chi connectivity index (χ4v) is 1.68. The topological polar surface area (TPSA) is 49.8 Å². The van der Waals surface area contributed by atoms with E-state index < -0.39 is 5.97 Å². The Bertz CT molecular complexity index is 340. The average molecular weight is 251 g/mol. The van der Waals surface area contributed by atoms with Crippen LogP contribution in [0.4, 0.5) is 0 Å². The molecule has 4 heteroatoms. The van der Waals surface area contributed by atoms with Crippen LogP contribution in [0.5, 0.6) is 0 Å². The predicted molar refractivity (Wildman–Crippen MR) is 70.7 cm³/mol. The summed E-state index contributed by atoms with van der Waals surface area (Å²) in [5, 5.41) is 8.58. The van der Waals surface area contributed by atoms with E-state index in [9.17, 15) is 4.79 Å². The summed E-state index contributed by atoms with van der Waals surface area (Å²) < 4.78 is 5.52. The highest BCUT2D eigenvalue weighted by Gasteiger charge is 2.03. The Morgan fingerprint density at radius 3 is 2.67 bits per heavy atom. The van der Waals surface area contributed by atoms with E-state index in [0.717, 1.165) is 19.4 Å². The van der Waals surface area contributed by atoms with Crippen molar-refractivity contribution in [3.63, 3.8) is 0 Å². The summed E-state index contributed by atoms with van der Waals surface area (Å²) in [4.78, 5) is 12.2. The Labute approximate surface area is 108 Å². The third-order valence-electron chi connectivity index (χ3n) is 2.61. The molecule has 0 aliphatic heterocycles. The molecule has 0 spiro atoms. The van der Waals surface area contributed by atoms with E-state index in [0.29, 0.717) is 13.2 Å². The number of carboxylic acid groups (broad SMARTS) is 1.